The number of nitrogens with zero attached hydrogens (tertiary/aromatic N) is 3. The molecule has 90 valence electrons. The fourth-order valence-corrected chi connectivity index (χ4v) is 1.48. The first kappa shape index (κ1) is 12.7. The molecule has 0 unspecified atom stereocenters. The number of carbonyl (C=O) groups excluding carboxylic acids is 1. The van der Waals surface area contributed by atoms with E-state index in [0.717, 1.165) is 12.8 Å². The van der Waals surface area contributed by atoms with Crippen molar-refractivity contribution in [1.82, 2.24) is 10.1 Å². The van der Waals surface area contributed by atoms with Crippen molar-refractivity contribution >= 4 is 11.9 Å². The van der Waals surface area contributed by atoms with Crippen molar-refractivity contribution in [1.29, 1.82) is 0 Å². The minimum Gasteiger partial charge on any atom is -0.315 e. The topological polar surface area (TPSA) is 59.2 Å². The normalized spacial score (nSPS) is 10.4. The van der Waals surface area contributed by atoms with Gasteiger partial charge in [0.1, 0.15) is 0 Å². The summed E-state index contributed by atoms with van der Waals surface area (Å²) in [6, 6.07) is 0.307. The molecule has 1 heterocycles. The highest BCUT2D eigenvalue weighted by Crippen LogP contribution is 2.12. The second-order valence-electron chi connectivity index (χ2n) is 3.86. The van der Waals surface area contributed by atoms with Crippen LogP contribution in [0.5, 0.6) is 0 Å². The minimum atomic E-state index is -0.0554. The first-order chi connectivity index (χ1) is 7.65. The molecule has 0 aliphatic heterocycles. The number of aromatic nitrogens is 2. The van der Waals surface area contributed by atoms with Crippen molar-refractivity contribution < 1.29 is 9.32 Å². The van der Waals surface area contributed by atoms with Gasteiger partial charge >= 0.3 is 6.01 Å². The lowest BCUT2D eigenvalue weighted by Crippen LogP contribution is -2.29. The molecule has 1 aromatic rings. The quantitative estimate of drug-likeness (QED) is 0.697. The maximum atomic E-state index is 11.4. The number of rotatable bonds is 6. The predicted octanol–water partition coefficient (Wildman–Crippen LogP) is 2.31. The molecular formula is C11H19N3O2. The first-order valence-corrected chi connectivity index (χ1v) is 5.73. The van der Waals surface area contributed by atoms with Gasteiger partial charge in [0.15, 0.2) is 5.82 Å². The molecule has 1 rings (SSSR count). The van der Waals surface area contributed by atoms with Crippen LogP contribution >= 0.6 is 0 Å². The Balaban J connectivity index is 2.52. The van der Waals surface area contributed by atoms with Gasteiger partial charge < -0.3 is 4.52 Å². The van der Waals surface area contributed by atoms with Crippen LogP contribution in [-0.4, -0.2) is 22.6 Å². The smallest absolute Gasteiger partial charge is 0.315 e. The molecule has 5 heteroatoms. The molecule has 0 aliphatic carbocycles. The Labute approximate surface area is 95.8 Å². The second kappa shape index (κ2) is 6.25. The van der Waals surface area contributed by atoms with Gasteiger partial charge in [-0.25, -0.2) is 0 Å². The van der Waals surface area contributed by atoms with Crippen LogP contribution in [-0.2, 0) is 4.79 Å². The van der Waals surface area contributed by atoms with Crippen molar-refractivity contribution in [2.24, 2.45) is 0 Å². The summed E-state index contributed by atoms with van der Waals surface area (Å²) in [5.41, 5.74) is 0. The van der Waals surface area contributed by atoms with E-state index in [-0.39, 0.29) is 5.91 Å². The highest BCUT2D eigenvalue weighted by molar-refractivity contribution is 5.88. The van der Waals surface area contributed by atoms with Crippen LogP contribution in [0.25, 0.3) is 0 Å². The van der Waals surface area contributed by atoms with Crippen molar-refractivity contribution in [2.45, 2.75) is 46.5 Å². The van der Waals surface area contributed by atoms with Crippen LogP contribution in [0.2, 0.25) is 0 Å². The van der Waals surface area contributed by atoms with E-state index in [1.165, 1.54) is 24.7 Å². The van der Waals surface area contributed by atoms with E-state index in [1.807, 2.05) is 0 Å². The van der Waals surface area contributed by atoms with Crippen molar-refractivity contribution in [3.63, 3.8) is 0 Å². The fraction of sp³-hybridized carbons (Fsp3) is 0.727. The van der Waals surface area contributed by atoms with Gasteiger partial charge in [-0.05, 0) is 13.3 Å². The van der Waals surface area contributed by atoms with Crippen LogP contribution in [0.3, 0.4) is 0 Å². The zero-order valence-corrected chi connectivity index (χ0v) is 10.2. The van der Waals surface area contributed by atoms with Crippen LogP contribution in [0.15, 0.2) is 4.52 Å². The van der Waals surface area contributed by atoms with Crippen LogP contribution < -0.4 is 4.90 Å². The molecule has 5 nitrogen and oxygen atoms in total. The fourth-order valence-electron chi connectivity index (χ4n) is 1.48. The largest absolute Gasteiger partial charge is 0.330 e. The summed E-state index contributed by atoms with van der Waals surface area (Å²) < 4.78 is 4.99. The van der Waals surface area contributed by atoms with E-state index in [9.17, 15) is 4.79 Å². The maximum absolute atomic E-state index is 11.4. The number of carbonyl (C=O) groups is 1. The molecule has 0 fully saturated rings. The molecule has 1 aromatic heterocycles. The number of anilines is 1. The van der Waals surface area contributed by atoms with Gasteiger partial charge in [-0.2, -0.15) is 4.98 Å². The predicted molar refractivity (Wildman–Crippen MR) is 61.2 cm³/mol. The lowest BCUT2D eigenvalue weighted by atomic mass is 10.2. The second-order valence-corrected chi connectivity index (χ2v) is 3.86. The highest BCUT2D eigenvalue weighted by atomic mass is 16.5. The van der Waals surface area contributed by atoms with Gasteiger partial charge in [-0.1, -0.05) is 31.3 Å². The van der Waals surface area contributed by atoms with Gasteiger partial charge in [0.05, 0.1) is 0 Å². The van der Waals surface area contributed by atoms with E-state index in [2.05, 4.69) is 17.1 Å². The molecule has 0 aromatic carbocycles. The summed E-state index contributed by atoms with van der Waals surface area (Å²) >= 11 is 0. The molecular weight excluding hydrogens is 206 g/mol. The molecule has 16 heavy (non-hydrogen) atoms. The van der Waals surface area contributed by atoms with Crippen LogP contribution in [0, 0.1) is 6.92 Å². The highest BCUT2D eigenvalue weighted by Gasteiger charge is 2.16. The Morgan fingerprint density at radius 2 is 2.12 bits per heavy atom. The van der Waals surface area contributed by atoms with E-state index in [0.29, 0.717) is 18.4 Å². The summed E-state index contributed by atoms with van der Waals surface area (Å²) in [5.74, 6) is 0.495. The SMILES string of the molecule is CCCCCCN(C(C)=O)c1nc(C)no1. The summed E-state index contributed by atoms with van der Waals surface area (Å²) in [6.45, 7) is 6.06. The zero-order chi connectivity index (χ0) is 12.0. The van der Waals surface area contributed by atoms with E-state index in [1.54, 1.807) is 6.92 Å². The Kier molecular flexibility index (Phi) is 4.95. The van der Waals surface area contributed by atoms with Crippen molar-refractivity contribution in [2.75, 3.05) is 11.4 Å². The van der Waals surface area contributed by atoms with Gasteiger partial charge in [0.2, 0.25) is 5.91 Å². The summed E-state index contributed by atoms with van der Waals surface area (Å²) in [7, 11) is 0. The third kappa shape index (κ3) is 3.64. The van der Waals surface area contributed by atoms with Crippen LogP contribution in [0.1, 0.15) is 45.4 Å². The Bertz CT molecular complexity index is 336. The van der Waals surface area contributed by atoms with Crippen LogP contribution in [0.4, 0.5) is 6.01 Å². The summed E-state index contributed by atoms with van der Waals surface area (Å²) in [4.78, 5) is 17.0. The lowest BCUT2D eigenvalue weighted by Gasteiger charge is -2.15. The molecule has 1 amide bonds. The molecule has 0 N–H and O–H groups in total. The average Bonchev–Trinajstić information content (AvgIpc) is 2.64. The third-order valence-electron chi connectivity index (χ3n) is 2.36. The zero-order valence-electron chi connectivity index (χ0n) is 10.2. The third-order valence-corrected chi connectivity index (χ3v) is 2.36. The minimum absolute atomic E-state index is 0.0554. The Morgan fingerprint density at radius 1 is 1.38 bits per heavy atom. The van der Waals surface area contributed by atoms with Gasteiger partial charge in [0, 0.05) is 13.5 Å². The monoisotopic (exact) mass is 225 g/mol. The molecule has 0 bridgehead atoms. The number of hydrogen-bond acceptors (Lipinski definition) is 4. The first-order valence-electron chi connectivity index (χ1n) is 5.73. The lowest BCUT2D eigenvalue weighted by molar-refractivity contribution is -0.116. The Hall–Kier alpha value is -1.39. The number of amides is 1. The van der Waals surface area contributed by atoms with E-state index in [4.69, 9.17) is 4.52 Å². The van der Waals surface area contributed by atoms with Gasteiger partial charge in [-0.15, -0.1) is 0 Å². The number of hydrogen-bond donors (Lipinski definition) is 0. The summed E-state index contributed by atoms with van der Waals surface area (Å²) in [5, 5.41) is 3.68. The van der Waals surface area contributed by atoms with E-state index >= 15 is 0 Å². The summed E-state index contributed by atoms with van der Waals surface area (Å²) in [6.07, 6.45) is 4.45. The molecule has 0 aliphatic rings. The van der Waals surface area contributed by atoms with Gasteiger partial charge in [-0.3, -0.25) is 9.69 Å². The van der Waals surface area contributed by atoms with Crippen molar-refractivity contribution in [3.05, 3.63) is 5.82 Å². The molecule has 0 radical (unpaired) electrons. The van der Waals surface area contributed by atoms with Crippen molar-refractivity contribution in [3.8, 4) is 0 Å². The standard InChI is InChI=1S/C11H19N3O2/c1-4-5-6-7-8-14(10(3)15)11-12-9(2)13-16-11/h4-8H2,1-3H3. The average molecular weight is 225 g/mol. The maximum Gasteiger partial charge on any atom is 0.330 e. The molecule has 0 saturated carbocycles. The Morgan fingerprint density at radius 3 is 2.62 bits per heavy atom. The van der Waals surface area contributed by atoms with E-state index < -0.39 is 0 Å². The van der Waals surface area contributed by atoms with Gasteiger partial charge in [0.25, 0.3) is 0 Å². The molecule has 0 saturated heterocycles. The number of unbranched alkanes of at least 4 members (excludes halogenated alkanes) is 3. The molecule has 0 atom stereocenters. The molecule has 0 spiro atoms. The number of aryl methyl sites for hydroxylation is 1.